The van der Waals surface area contributed by atoms with Crippen molar-refractivity contribution < 1.29 is 27.4 Å². The summed E-state index contributed by atoms with van der Waals surface area (Å²) in [6.45, 7) is 2.41. The van der Waals surface area contributed by atoms with E-state index in [1.54, 1.807) is 4.90 Å². The molecule has 1 unspecified atom stereocenters. The van der Waals surface area contributed by atoms with Gasteiger partial charge in [-0.05, 0) is 19.3 Å². The second kappa shape index (κ2) is 7.05. The van der Waals surface area contributed by atoms with E-state index in [0.717, 1.165) is 25.9 Å². The number of morpholine rings is 1. The lowest BCUT2D eigenvalue weighted by Gasteiger charge is -2.47. The summed E-state index contributed by atoms with van der Waals surface area (Å²) in [6, 6.07) is -2.09. The molecule has 0 aromatic rings. The SMILES string of the molecule is O=C(NCC(N1CCOCC1)C(F)(F)F)N1CCC2(CCO2)CC1. The van der Waals surface area contributed by atoms with Crippen LogP contribution in [0.2, 0.25) is 0 Å². The zero-order chi connectivity index (χ0) is 17.2. The van der Waals surface area contributed by atoms with Crippen LogP contribution in [0.25, 0.3) is 0 Å². The summed E-state index contributed by atoms with van der Waals surface area (Å²) in [6.07, 6.45) is -1.86. The second-order valence-corrected chi connectivity index (χ2v) is 6.66. The van der Waals surface area contributed by atoms with Crippen LogP contribution in [-0.4, -0.2) is 86.2 Å². The Balaban J connectivity index is 1.49. The fraction of sp³-hybridized carbons (Fsp3) is 0.933. The number of carbonyl (C=O) groups is 1. The molecule has 0 bridgehead atoms. The summed E-state index contributed by atoms with van der Waals surface area (Å²) in [5.74, 6) is 0. The number of hydrogen-bond donors (Lipinski definition) is 1. The molecule has 6 nitrogen and oxygen atoms in total. The van der Waals surface area contributed by atoms with E-state index in [1.165, 1.54) is 4.90 Å². The third-order valence-electron chi connectivity index (χ3n) is 5.24. The fourth-order valence-electron chi connectivity index (χ4n) is 3.54. The van der Waals surface area contributed by atoms with E-state index in [-0.39, 0.29) is 31.9 Å². The lowest BCUT2D eigenvalue weighted by Crippen LogP contribution is -2.58. The van der Waals surface area contributed by atoms with Gasteiger partial charge < -0.3 is 19.7 Å². The van der Waals surface area contributed by atoms with Gasteiger partial charge in [-0.3, -0.25) is 4.90 Å². The van der Waals surface area contributed by atoms with Crippen LogP contribution in [0.5, 0.6) is 0 Å². The third-order valence-corrected chi connectivity index (χ3v) is 5.24. The molecule has 9 heteroatoms. The van der Waals surface area contributed by atoms with Crippen molar-refractivity contribution in [3.05, 3.63) is 0 Å². The summed E-state index contributed by atoms with van der Waals surface area (Å²) in [5, 5.41) is 2.46. The molecule has 3 fully saturated rings. The van der Waals surface area contributed by atoms with Gasteiger partial charge in [-0.1, -0.05) is 0 Å². The zero-order valence-electron chi connectivity index (χ0n) is 13.6. The Morgan fingerprint density at radius 3 is 2.21 bits per heavy atom. The second-order valence-electron chi connectivity index (χ2n) is 6.66. The number of carbonyl (C=O) groups excluding carboxylic acids is 1. The summed E-state index contributed by atoms with van der Waals surface area (Å²) < 4.78 is 50.6. The Hall–Kier alpha value is -1.06. The zero-order valence-corrected chi connectivity index (χ0v) is 13.6. The first kappa shape index (κ1) is 17.8. The molecule has 0 aromatic heterocycles. The van der Waals surface area contributed by atoms with Crippen LogP contribution in [0.1, 0.15) is 19.3 Å². The van der Waals surface area contributed by atoms with Gasteiger partial charge in [0.1, 0.15) is 6.04 Å². The Morgan fingerprint density at radius 2 is 1.71 bits per heavy atom. The highest BCUT2D eigenvalue weighted by Gasteiger charge is 2.45. The van der Waals surface area contributed by atoms with E-state index in [4.69, 9.17) is 9.47 Å². The Morgan fingerprint density at radius 1 is 1.08 bits per heavy atom. The van der Waals surface area contributed by atoms with Crippen LogP contribution in [0.4, 0.5) is 18.0 Å². The number of urea groups is 1. The van der Waals surface area contributed by atoms with Crippen molar-refractivity contribution in [2.45, 2.75) is 37.1 Å². The van der Waals surface area contributed by atoms with Gasteiger partial charge in [-0.15, -0.1) is 0 Å². The van der Waals surface area contributed by atoms with Crippen LogP contribution >= 0.6 is 0 Å². The monoisotopic (exact) mass is 351 g/mol. The molecule has 0 radical (unpaired) electrons. The van der Waals surface area contributed by atoms with Crippen molar-refractivity contribution in [3.63, 3.8) is 0 Å². The third kappa shape index (κ3) is 3.94. The quantitative estimate of drug-likeness (QED) is 0.831. The highest BCUT2D eigenvalue weighted by atomic mass is 19.4. The summed E-state index contributed by atoms with van der Waals surface area (Å²) in [7, 11) is 0. The Kier molecular flexibility index (Phi) is 5.22. The number of likely N-dealkylation sites (tertiary alicyclic amines) is 1. The number of nitrogens with zero attached hydrogens (tertiary/aromatic N) is 2. The van der Waals surface area contributed by atoms with Gasteiger partial charge in [0, 0.05) is 32.7 Å². The molecule has 3 aliphatic rings. The van der Waals surface area contributed by atoms with Gasteiger partial charge in [0.2, 0.25) is 0 Å². The van der Waals surface area contributed by atoms with Gasteiger partial charge in [-0.2, -0.15) is 13.2 Å². The van der Waals surface area contributed by atoms with Crippen molar-refractivity contribution in [1.82, 2.24) is 15.1 Å². The van der Waals surface area contributed by atoms with E-state index in [9.17, 15) is 18.0 Å². The predicted molar refractivity (Wildman–Crippen MR) is 79.7 cm³/mol. The molecule has 24 heavy (non-hydrogen) atoms. The average molecular weight is 351 g/mol. The molecular formula is C15H24F3N3O3. The largest absolute Gasteiger partial charge is 0.405 e. The number of halogens is 3. The first-order valence-electron chi connectivity index (χ1n) is 8.45. The molecule has 0 aromatic carbocycles. The number of rotatable bonds is 3. The fourth-order valence-corrected chi connectivity index (χ4v) is 3.54. The van der Waals surface area contributed by atoms with Crippen molar-refractivity contribution in [1.29, 1.82) is 0 Å². The van der Waals surface area contributed by atoms with E-state index < -0.39 is 24.8 Å². The summed E-state index contributed by atoms with van der Waals surface area (Å²) >= 11 is 0. The van der Waals surface area contributed by atoms with Crippen LogP contribution < -0.4 is 5.32 Å². The molecule has 3 heterocycles. The van der Waals surface area contributed by atoms with Gasteiger partial charge in [0.15, 0.2) is 0 Å². The average Bonchev–Trinajstić information content (AvgIpc) is 2.53. The maximum Gasteiger partial charge on any atom is 0.405 e. The molecule has 2 amide bonds. The maximum absolute atomic E-state index is 13.3. The molecule has 3 rings (SSSR count). The highest BCUT2D eigenvalue weighted by Crippen LogP contribution is 2.36. The van der Waals surface area contributed by atoms with Crippen molar-refractivity contribution in [3.8, 4) is 0 Å². The number of nitrogens with one attached hydrogen (secondary N) is 1. The highest BCUT2D eigenvalue weighted by molar-refractivity contribution is 5.74. The number of piperidine rings is 1. The number of alkyl halides is 3. The minimum Gasteiger partial charge on any atom is -0.379 e. The Bertz CT molecular complexity index is 441. The van der Waals surface area contributed by atoms with E-state index in [1.807, 2.05) is 0 Å². The molecule has 3 aliphatic heterocycles. The van der Waals surface area contributed by atoms with Crippen molar-refractivity contribution in [2.24, 2.45) is 0 Å². The van der Waals surface area contributed by atoms with Gasteiger partial charge in [0.05, 0.1) is 25.4 Å². The van der Waals surface area contributed by atoms with Crippen molar-refractivity contribution >= 4 is 6.03 Å². The number of ether oxygens (including phenoxy) is 2. The van der Waals surface area contributed by atoms with Gasteiger partial charge in [0.25, 0.3) is 0 Å². The van der Waals surface area contributed by atoms with Crippen LogP contribution in [0.15, 0.2) is 0 Å². The molecule has 138 valence electrons. The maximum atomic E-state index is 13.3. The standard InChI is InChI=1S/C15H24F3N3O3/c16-15(17,18)12(20-6-9-23-10-7-20)11-19-13(22)21-4-1-14(2-5-21)3-8-24-14/h12H,1-11H2,(H,19,22). The smallest absolute Gasteiger partial charge is 0.379 e. The lowest BCUT2D eigenvalue weighted by atomic mass is 9.84. The number of hydrogen-bond acceptors (Lipinski definition) is 4. The molecule has 3 saturated heterocycles. The van der Waals surface area contributed by atoms with Crippen molar-refractivity contribution in [2.75, 3.05) is 52.5 Å². The Labute approximate surface area is 139 Å². The van der Waals surface area contributed by atoms with E-state index in [0.29, 0.717) is 13.1 Å². The topological polar surface area (TPSA) is 54.0 Å². The van der Waals surface area contributed by atoms with Crippen LogP contribution in [0, 0.1) is 0 Å². The minimum atomic E-state index is -4.38. The molecule has 1 spiro atoms. The lowest BCUT2D eigenvalue weighted by molar-refractivity contribution is -0.190. The van der Waals surface area contributed by atoms with Gasteiger partial charge >= 0.3 is 12.2 Å². The normalized spacial score (nSPS) is 26.0. The minimum absolute atomic E-state index is 0.0842. The predicted octanol–water partition coefficient (Wildman–Crippen LogP) is 1.21. The summed E-state index contributed by atoms with van der Waals surface area (Å²) in [4.78, 5) is 15.1. The van der Waals surface area contributed by atoms with E-state index >= 15 is 0 Å². The molecule has 0 saturated carbocycles. The molecule has 0 aliphatic carbocycles. The summed E-state index contributed by atoms with van der Waals surface area (Å²) in [5.41, 5.74) is -0.0842. The molecule has 1 atom stereocenters. The van der Waals surface area contributed by atoms with Crippen LogP contribution in [0.3, 0.4) is 0 Å². The molecular weight excluding hydrogens is 327 g/mol. The van der Waals surface area contributed by atoms with Crippen LogP contribution in [-0.2, 0) is 9.47 Å². The molecule has 1 N–H and O–H groups in total. The van der Waals surface area contributed by atoms with Gasteiger partial charge in [-0.25, -0.2) is 4.79 Å². The first-order valence-corrected chi connectivity index (χ1v) is 8.45. The number of amides is 2. The first-order chi connectivity index (χ1) is 11.4. The van der Waals surface area contributed by atoms with E-state index in [2.05, 4.69) is 5.32 Å².